The summed E-state index contributed by atoms with van der Waals surface area (Å²) in [5, 5.41) is 0. The molecule has 0 spiro atoms. The topological polar surface area (TPSA) is 50.3 Å². The molecule has 1 atom stereocenters. The summed E-state index contributed by atoms with van der Waals surface area (Å²) in [6.45, 7) is 2.54. The van der Waals surface area contributed by atoms with Gasteiger partial charge in [-0.05, 0) is 30.9 Å². The summed E-state index contributed by atoms with van der Waals surface area (Å²) >= 11 is 0. The molecule has 1 fully saturated rings. The molecular weight excluding hydrogens is 236 g/mol. The Hall–Kier alpha value is -0.940. The minimum Gasteiger partial charge on any atom is -0.264 e. The maximum atomic E-state index is 12.1. The lowest BCUT2D eigenvalue weighted by molar-refractivity contribution is 0.396. The Morgan fingerprint density at radius 1 is 1.53 bits per heavy atom. The molecular formula is C12H18N2O2S. The molecule has 1 aromatic rings. The van der Waals surface area contributed by atoms with E-state index in [2.05, 4.69) is 4.98 Å². The Morgan fingerprint density at radius 3 is 3.00 bits per heavy atom. The summed E-state index contributed by atoms with van der Waals surface area (Å²) in [4.78, 5) is 4.07. The van der Waals surface area contributed by atoms with E-state index in [9.17, 15) is 8.42 Å². The van der Waals surface area contributed by atoms with Gasteiger partial charge in [0.1, 0.15) is 0 Å². The molecule has 1 aromatic heterocycles. The van der Waals surface area contributed by atoms with Crippen molar-refractivity contribution in [3.8, 4) is 0 Å². The zero-order valence-corrected chi connectivity index (χ0v) is 10.9. The van der Waals surface area contributed by atoms with Crippen LogP contribution in [-0.4, -0.2) is 30.0 Å². The van der Waals surface area contributed by atoms with E-state index in [1.807, 2.05) is 19.1 Å². The first-order valence-electron chi connectivity index (χ1n) is 6.04. The van der Waals surface area contributed by atoms with Gasteiger partial charge in [0.25, 0.3) is 0 Å². The second-order valence-corrected chi connectivity index (χ2v) is 6.41. The molecule has 0 amide bonds. The third-order valence-corrected chi connectivity index (χ3v) is 5.17. The van der Waals surface area contributed by atoms with Gasteiger partial charge in [0.2, 0.25) is 10.0 Å². The number of sulfonamides is 1. The van der Waals surface area contributed by atoms with E-state index in [1.165, 1.54) is 0 Å². The van der Waals surface area contributed by atoms with Crippen LogP contribution >= 0.6 is 0 Å². The zero-order chi connectivity index (χ0) is 12.3. The van der Waals surface area contributed by atoms with Crippen molar-refractivity contribution in [1.29, 1.82) is 0 Å². The molecule has 1 unspecified atom stereocenters. The van der Waals surface area contributed by atoms with Crippen LogP contribution in [0.25, 0.3) is 0 Å². The first kappa shape index (κ1) is 12.5. The van der Waals surface area contributed by atoms with Crippen molar-refractivity contribution in [1.82, 2.24) is 9.29 Å². The lowest BCUT2D eigenvalue weighted by atomic mass is 10.1. The summed E-state index contributed by atoms with van der Waals surface area (Å²) in [5.41, 5.74) is 1.00. The highest BCUT2D eigenvalue weighted by Gasteiger charge is 2.34. The van der Waals surface area contributed by atoms with E-state index in [0.29, 0.717) is 13.0 Å². The lowest BCUT2D eigenvalue weighted by Gasteiger charge is -2.23. The minimum absolute atomic E-state index is 0.0137. The molecule has 4 nitrogen and oxygen atoms in total. The molecule has 17 heavy (non-hydrogen) atoms. The van der Waals surface area contributed by atoms with Gasteiger partial charge < -0.3 is 0 Å². The molecule has 2 rings (SSSR count). The summed E-state index contributed by atoms with van der Waals surface area (Å²) in [6.07, 6.45) is 5.98. The zero-order valence-electron chi connectivity index (χ0n) is 10.0. The highest BCUT2D eigenvalue weighted by Crippen LogP contribution is 2.33. The maximum absolute atomic E-state index is 12.1. The molecule has 5 heteroatoms. The van der Waals surface area contributed by atoms with Crippen molar-refractivity contribution in [3.63, 3.8) is 0 Å². The first-order chi connectivity index (χ1) is 8.15. The summed E-state index contributed by atoms with van der Waals surface area (Å²) in [7, 11) is -3.10. The van der Waals surface area contributed by atoms with Crippen LogP contribution in [0.1, 0.15) is 37.8 Å². The number of pyridine rings is 1. The number of aromatic nitrogens is 1. The normalized spacial score (nSPS) is 21.8. The van der Waals surface area contributed by atoms with Gasteiger partial charge >= 0.3 is 0 Å². The Kier molecular flexibility index (Phi) is 3.79. The average molecular weight is 254 g/mol. The third-order valence-electron chi connectivity index (χ3n) is 3.09. The third kappa shape index (κ3) is 2.66. The van der Waals surface area contributed by atoms with E-state index in [4.69, 9.17) is 0 Å². The predicted molar refractivity (Wildman–Crippen MR) is 67.0 cm³/mol. The molecule has 0 radical (unpaired) electrons. The molecule has 0 aromatic carbocycles. The van der Waals surface area contributed by atoms with Crippen LogP contribution < -0.4 is 0 Å². The summed E-state index contributed by atoms with van der Waals surface area (Å²) < 4.78 is 25.9. The van der Waals surface area contributed by atoms with Crippen molar-refractivity contribution in [3.05, 3.63) is 30.1 Å². The molecule has 2 heterocycles. The maximum Gasteiger partial charge on any atom is 0.214 e. The van der Waals surface area contributed by atoms with Gasteiger partial charge in [0.05, 0.1) is 11.8 Å². The van der Waals surface area contributed by atoms with Gasteiger partial charge in [-0.3, -0.25) is 4.98 Å². The standard InChI is InChI=1S/C12H18N2O2S/c1-2-9-17(15,16)14-8-4-6-12(14)11-5-3-7-13-10-11/h3,5,7,10,12H,2,4,6,8-9H2,1H3. The highest BCUT2D eigenvalue weighted by atomic mass is 32.2. The van der Waals surface area contributed by atoms with Crippen LogP contribution in [0, 0.1) is 0 Å². The fourth-order valence-corrected chi connectivity index (χ4v) is 4.13. The van der Waals surface area contributed by atoms with Crippen molar-refractivity contribution in [2.45, 2.75) is 32.2 Å². The summed E-state index contributed by atoms with van der Waals surface area (Å²) in [5.74, 6) is 0.240. The smallest absolute Gasteiger partial charge is 0.214 e. The monoisotopic (exact) mass is 254 g/mol. The second kappa shape index (κ2) is 5.14. The van der Waals surface area contributed by atoms with Crippen LogP contribution in [-0.2, 0) is 10.0 Å². The Labute approximate surface area is 103 Å². The molecule has 1 aliphatic heterocycles. The Morgan fingerprint density at radius 2 is 2.35 bits per heavy atom. The van der Waals surface area contributed by atoms with E-state index in [0.717, 1.165) is 18.4 Å². The van der Waals surface area contributed by atoms with Gasteiger partial charge in [-0.1, -0.05) is 13.0 Å². The van der Waals surface area contributed by atoms with Crippen LogP contribution in [0.2, 0.25) is 0 Å². The SMILES string of the molecule is CCCS(=O)(=O)N1CCCC1c1cccnc1. The number of rotatable bonds is 4. The van der Waals surface area contributed by atoms with Gasteiger partial charge in [-0.2, -0.15) is 4.31 Å². The largest absolute Gasteiger partial charge is 0.264 e. The number of hydrogen-bond acceptors (Lipinski definition) is 3. The fraction of sp³-hybridized carbons (Fsp3) is 0.583. The Balaban J connectivity index is 2.24. The number of nitrogens with zero attached hydrogens (tertiary/aromatic N) is 2. The number of hydrogen-bond donors (Lipinski definition) is 0. The van der Waals surface area contributed by atoms with Crippen molar-refractivity contribution < 1.29 is 8.42 Å². The van der Waals surface area contributed by atoms with Crippen LogP contribution in [0.15, 0.2) is 24.5 Å². The highest BCUT2D eigenvalue weighted by molar-refractivity contribution is 7.89. The van der Waals surface area contributed by atoms with Crippen LogP contribution in [0.5, 0.6) is 0 Å². The average Bonchev–Trinajstić information content (AvgIpc) is 2.79. The fourth-order valence-electron chi connectivity index (χ4n) is 2.35. The molecule has 1 saturated heterocycles. The van der Waals surface area contributed by atoms with E-state index in [1.54, 1.807) is 16.7 Å². The van der Waals surface area contributed by atoms with Gasteiger partial charge in [0.15, 0.2) is 0 Å². The van der Waals surface area contributed by atoms with Crippen LogP contribution in [0.3, 0.4) is 0 Å². The van der Waals surface area contributed by atoms with Gasteiger partial charge in [0, 0.05) is 18.9 Å². The molecule has 0 aliphatic carbocycles. The predicted octanol–water partition coefficient (Wildman–Crippen LogP) is 1.96. The summed E-state index contributed by atoms with van der Waals surface area (Å²) in [6, 6.07) is 3.80. The minimum atomic E-state index is -3.10. The molecule has 94 valence electrons. The van der Waals surface area contributed by atoms with Crippen molar-refractivity contribution >= 4 is 10.0 Å². The van der Waals surface area contributed by atoms with Gasteiger partial charge in [-0.25, -0.2) is 8.42 Å². The lowest BCUT2D eigenvalue weighted by Crippen LogP contribution is -2.32. The molecule has 0 bridgehead atoms. The Bertz CT molecular complexity index is 459. The second-order valence-electron chi connectivity index (χ2n) is 4.37. The van der Waals surface area contributed by atoms with Gasteiger partial charge in [-0.15, -0.1) is 0 Å². The quantitative estimate of drug-likeness (QED) is 0.825. The molecule has 0 N–H and O–H groups in total. The molecule has 0 saturated carbocycles. The van der Waals surface area contributed by atoms with E-state index in [-0.39, 0.29) is 11.8 Å². The van der Waals surface area contributed by atoms with E-state index >= 15 is 0 Å². The molecule has 1 aliphatic rings. The van der Waals surface area contributed by atoms with Crippen molar-refractivity contribution in [2.75, 3.05) is 12.3 Å². The first-order valence-corrected chi connectivity index (χ1v) is 7.65. The van der Waals surface area contributed by atoms with E-state index < -0.39 is 10.0 Å². The van der Waals surface area contributed by atoms with Crippen molar-refractivity contribution in [2.24, 2.45) is 0 Å². The van der Waals surface area contributed by atoms with Crippen LogP contribution in [0.4, 0.5) is 0 Å².